The van der Waals surface area contributed by atoms with Crippen LogP contribution in [0.5, 0.6) is 0 Å². The summed E-state index contributed by atoms with van der Waals surface area (Å²) in [4.78, 5) is 6.75. The minimum Gasteiger partial charge on any atom is -0.378 e. The lowest BCUT2D eigenvalue weighted by molar-refractivity contribution is 0.0258. The largest absolute Gasteiger partial charge is 0.378 e. The average molecular weight is 329 g/mol. The molecule has 0 fully saturated rings. The molecule has 0 aromatic carbocycles. The first-order chi connectivity index (χ1) is 11.1. The van der Waals surface area contributed by atoms with Crippen LogP contribution in [-0.2, 0) is 4.74 Å². The number of aliphatic imine (C=N–C) groups is 1. The summed E-state index contributed by atoms with van der Waals surface area (Å²) in [7, 11) is 1.83. The zero-order chi connectivity index (χ0) is 17.5. The number of unbranched alkanes of at least 4 members (excludes halogenated alkanes) is 1. The van der Waals surface area contributed by atoms with Gasteiger partial charge in [0.1, 0.15) is 0 Å². The fraction of sp³-hybridized carbons (Fsp3) is 0.944. The van der Waals surface area contributed by atoms with Gasteiger partial charge in [0, 0.05) is 26.7 Å². The number of hydrogen-bond acceptors (Lipinski definition) is 3. The molecule has 0 aromatic heterocycles. The first kappa shape index (κ1) is 22.2. The normalized spacial score (nSPS) is 13.7. The maximum absolute atomic E-state index is 5.77. The lowest BCUT2D eigenvalue weighted by Crippen LogP contribution is -2.39. The van der Waals surface area contributed by atoms with E-state index in [1.54, 1.807) is 0 Å². The third kappa shape index (κ3) is 11.4. The molecule has 0 radical (unpaired) electrons. The molecule has 5 nitrogen and oxygen atoms in total. The zero-order valence-electron chi connectivity index (χ0n) is 16.3. The van der Waals surface area contributed by atoms with E-state index >= 15 is 0 Å². The zero-order valence-corrected chi connectivity index (χ0v) is 16.3. The van der Waals surface area contributed by atoms with Gasteiger partial charge in [0.15, 0.2) is 5.96 Å². The summed E-state index contributed by atoms with van der Waals surface area (Å²) in [5.74, 6) is 1.44. The lowest BCUT2D eigenvalue weighted by atomic mass is 10.0. The highest BCUT2D eigenvalue weighted by atomic mass is 16.5. The van der Waals surface area contributed by atoms with Gasteiger partial charge in [-0.05, 0) is 51.7 Å². The molecule has 0 aliphatic rings. The van der Waals surface area contributed by atoms with Crippen molar-refractivity contribution in [3.05, 3.63) is 0 Å². The highest BCUT2D eigenvalue weighted by Gasteiger charge is 2.12. The predicted octanol–water partition coefficient (Wildman–Crippen LogP) is 2.72. The van der Waals surface area contributed by atoms with Crippen LogP contribution in [0.15, 0.2) is 4.99 Å². The number of guanidine groups is 1. The molecule has 5 heteroatoms. The van der Waals surface area contributed by atoms with Crippen molar-refractivity contribution in [2.24, 2.45) is 10.9 Å². The molecular weight excluding hydrogens is 288 g/mol. The van der Waals surface area contributed by atoms with E-state index in [4.69, 9.17) is 4.74 Å². The first-order valence-corrected chi connectivity index (χ1v) is 9.37. The van der Waals surface area contributed by atoms with Gasteiger partial charge in [-0.25, -0.2) is 0 Å². The van der Waals surface area contributed by atoms with Gasteiger partial charge < -0.3 is 20.3 Å². The second-order valence-corrected chi connectivity index (χ2v) is 6.19. The molecular formula is C18H40N4O. The summed E-state index contributed by atoms with van der Waals surface area (Å²) in [6, 6.07) is 0. The van der Waals surface area contributed by atoms with Gasteiger partial charge in [-0.3, -0.25) is 4.99 Å². The van der Waals surface area contributed by atoms with Gasteiger partial charge in [0.2, 0.25) is 0 Å². The van der Waals surface area contributed by atoms with Crippen molar-refractivity contribution in [2.45, 2.75) is 60.0 Å². The second kappa shape index (κ2) is 14.8. The van der Waals surface area contributed by atoms with Crippen LogP contribution in [0.2, 0.25) is 0 Å². The Bertz CT molecular complexity index is 291. The summed E-state index contributed by atoms with van der Waals surface area (Å²) in [5.41, 5.74) is 0. The topological polar surface area (TPSA) is 48.9 Å². The molecule has 1 atom stereocenters. The molecule has 0 bridgehead atoms. The van der Waals surface area contributed by atoms with Crippen molar-refractivity contribution in [3.63, 3.8) is 0 Å². The summed E-state index contributed by atoms with van der Waals surface area (Å²) in [5, 5.41) is 6.78. The fourth-order valence-corrected chi connectivity index (χ4v) is 2.58. The van der Waals surface area contributed by atoms with Gasteiger partial charge in [-0.15, -0.1) is 0 Å². The third-order valence-electron chi connectivity index (χ3n) is 4.16. The first-order valence-electron chi connectivity index (χ1n) is 9.37. The number of ether oxygens (including phenoxy) is 1. The van der Waals surface area contributed by atoms with Crippen molar-refractivity contribution >= 4 is 5.96 Å². The van der Waals surface area contributed by atoms with Crippen LogP contribution < -0.4 is 10.6 Å². The van der Waals surface area contributed by atoms with E-state index in [9.17, 15) is 0 Å². The Morgan fingerprint density at radius 1 is 1.04 bits per heavy atom. The number of rotatable bonds is 13. The van der Waals surface area contributed by atoms with E-state index in [1.165, 1.54) is 19.4 Å². The maximum Gasteiger partial charge on any atom is 0.190 e. The Kier molecular flexibility index (Phi) is 14.2. The molecule has 0 aliphatic carbocycles. The number of nitrogens with zero attached hydrogens (tertiary/aromatic N) is 2. The Morgan fingerprint density at radius 2 is 1.70 bits per heavy atom. The maximum atomic E-state index is 5.77. The monoisotopic (exact) mass is 328 g/mol. The average Bonchev–Trinajstić information content (AvgIpc) is 2.55. The molecule has 0 rings (SSSR count). The fourth-order valence-electron chi connectivity index (χ4n) is 2.58. The van der Waals surface area contributed by atoms with Gasteiger partial charge in [0.25, 0.3) is 0 Å². The SMILES string of the molecule is CCOC(CCNC(=NC)NCCCCN(CC)CC)C(C)C. The van der Waals surface area contributed by atoms with E-state index in [2.05, 4.69) is 55.1 Å². The van der Waals surface area contributed by atoms with E-state index in [-0.39, 0.29) is 0 Å². The van der Waals surface area contributed by atoms with Crippen LogP contribution in [-0.4, -0.2) is 63.3 Å². The van der Waals surface area contributed by atoms with Gasteiger partial charge in [-0.1, -0.05) is 27.7 Å². The number of nitrogens with one attached hydrogen (secondary N) is 2. The summed E-state index contributed by atoms with van der Waals surface area (Å²) < 4.78 is 5.77. The second-order valence-electron chi connectivity index (χ2n) is 6.19. The number of hydrogen-bond donors (Lipinski definition) is 2. The highest BCUT2D eigenvalue weighted by molar-refractivity contribution is 5.79. The highest BCUT2D eigenvalue weighted by Crippen LogP contribution is 2.09. The van der Waals surface area contributed by atoms with E-state index in [0.29, 0.717) is 12.0 Å². The van der Waals surface area contributed by atoms with Crippen LogP contribution in [0.4, 0.5) is 0 Å². The van der Waals surface area contributed by atoms with Gasteiger partial charge in [0.05, 0.1) is 6.10 Å². The quantitative estimate of drug-likeness (QED) is 0.310. The Labute approximate surface area is 144 Å². The van der Waals surface area contributed by atoms with Crippen molar-refractivity contribution in [3.8, 4) is 0 Å². The van der Waals surface area contributed by atoms with Crippen LogP contribution >= 0.6 is 0 Å². The standard InChI is InChI=1S/C18H40N4O/c1-7-22(8-2)15-11-10-13-20-18(19-6)21-14-12-17(16(4)5)23-9-3/h16-17H,7-15H2,1-6H3,(H2,19,20,21). The molecule has 0 amide bonds. The third-order valence-corrected chi connectivity index (χ3v) is 4.16. The van der Waals surface area contributed by atoms with Crippen molar-refractivity contribution < 1.29 is 4.74 Å². The van der Waals surface area contributed by atoms with Gasteiger partial charge in [-0.2, -0.15) is 0 Å². The van der Waals surface area contributed by atoms with Crippen molar-refractivity contribution in [1.29, 1.82) is 0 Å². The van der Waals surface area contributed by atoms with Gasteiger partial charge >= 0.3 is 0 Å². The van der Waals surface area contributed by atoms with E-state index < -0.39 is 0 Å². The summed E-state index contributed by atoms with van der Waals surface area (Å²) >= 11 is 0. The lowest BCUT2D eigenvalue weighted by Gasteiger charge is -2.21. The molecule has 2 N–H and O–H groups in total. The predicted molar refractivity (Wildman–Crippen MR) is 101 cm³/mol. The molecule has 0 saturated carbocycles. The van der Waals surface area contributed by atoms with E-state index in [0.717, 1.165) is 45.2 Å². The Morgan fingerprint density at radius 3 is 2.22 bits per heavy atom. The Balaban J connectivity index is 3.82. The Hall–Kier alpha value is -0.810. The molecule has 1 unspecified atom stereocenters. The molecule has 138 valence electrons. The van der Waals surface area contributed by atoms with Crippen molar-refractivity contribution in [2.75, 3.05) is 46.4 Å². The summed E-state index contributed by atoms with van der Waals surface area (Å²) in [6.07, 6.45) is 3.73. The van der Waals surface area contributed by atoms with Crippen LogP contribution in [0.3, 0.4) is 0 Å². The molecule has 0 saturated heterocycles. The van der Waals surface area contributed by atoms with Crippen molar-refractivity contribution in [1.82, 2.24) is 15.5 Å². The summed E-state index contributed by atoms with van der Waals surface area (Å²) in [6.45, 7) is 17.0. The van der Waals surface area contributed by atoms with E-state index in [1.807, 2.05) is 7.05 Å². The van der Waals surface area contributed by atoms with Crippen LogP contribution in [0, 0.1) is 5.92 Å². The minimum atomic E-state index is 0.319. The molecule has 0 heterocycles. The van der Waals surface area contributed by atoms with Crippen LogP contribution in [0.1, 0.15) is 53.9 Å². The molecule has 0 spiro atoms. The molecule has 0 aliphatic heterocycles. The van der Waals surface area contributed by atoms with Crippen LogP contribution in [0.25, 0.3) is 0 Å². The molecule has 0 aromatic rings. The smallest absolute Gasteiger partial charge is 0.190 e. The molecule has 23 heavy (non-hydrogen) atoms. The minimum absolute atomic E-state index is 0.319.